The quantitative estimate of drug-likeness (QED) is 0.679. The van der Waals surface area contributed by atoms with E-state index in [1.807, 2.05) is 13.8 Å². The van der Waals surface area contributed by atoms with Crippen LogP contribution in [0.5, 0.6) is 5.75 Å². The number of hydrogen-bond acceptors (Lipinski definition) is 5. The van der Waals surface area contributed by atoms with Gasteiger partial charge in [-0.25, -0.2) is 0 Å². The number of pyridine rings is 1. The number of aryl methyl sites for hydroxylation is 1. The monoisotopic (exact) mass is 254 g/mol. The molecule has 1 aromatic heterocycles. The maximum Gasteiger partial charge on any atom is 0.141 e. The van der Waals surface area contributed by atoms with Crippen LogP contribution in [0, 0.1) is 6.92 Å². The smallest absolute Gasteiger partial charge is 0.141 e. The minimum absolute atomic E-state index is 0.127. The molecule has 3 N–H and O–H groups in total. The summed E-state index contributed by atoms with van der Waals surface area (Å²) < 4.78 is 5.31. The molecule has 1 unspecified atom stereocenters. The molecule has 1 rings (SSSR count). The van der Waals surface area contributed by atoms with E-state index in [2.05, 4.69) is 10.3 Å². The van der Waals surface area contributed by atoms with E-state index >= 15 is 0 Å². The van der Waals surface area contributed by atoms with Crippen molar-refractivity contribution in [2.24, 2.45) is 0 Å². The van der Waals surface area contributed by atoms with Crippen molar-refractivity contribution < 1.29 is 14.9 Å². The van der Waals surface area contributed by atoms with Crippen molar-refractivity contribution in [3.63, 3.8) is 0 Å². The summed E-state index contributed by atoms with van der Waals surface area (Å²) in [6.45, 7) is 7.37. The molecule has 0 aromatic carbocycles. The zero-order valence-corrected chi connectivity index (χ0v) is 11.2. The highest BCUT2D eigenvalue weighted by Crippen LogP contribution is 2.23. The number of nitrogens with zero attached hydrogens (tertiary/aromatic N) is 1. The van der Waals surface area contributed by atoms with Crippen LogP contribution in [0.15, 0.2) is 6.20 Å². The average Bonchev–Trinajstić information content (AvgIpc) is 2.38. The van der Waals surface area contributed by atoms with Crippen LogP contribution in [0.2, 0.25) is 0 Å². The largest absolute Gasteiger partial charge is 0.506 e. The standard InChI is InChI=1S/C13H22N2O3/c1-4-18-8-9(2)14-6-12-11(7-16)5-15-10(3)13(12)17/h5,9,14,16-17H,4,6-8H2,1-3H3. The first kappa shape index (κ1) is 14.9. The van der Waals surface area contributed by atoms with Crippen LogP contribution in [-0.4, -0.2) is 34.5 Å². The topological polar surface area (TPSA) is 74.6 Å². The number of aromatic hydroxyl groups is 1. The number of hydrogen-bond donors (Lipinski definition) is 3. The van der Waals surface area contributed by atoms with E-state index in [-0.39, 0.29) is 18.4 Å². The number of ether oxygens (including phenoxy) is 1. The van der Waals surface area contributed by atoms with Crippen molar-refractivity contribution in [1.82, 2.24) is 10.3 Å². The third-order valence-electron chi connectivity index (χ3n) is 2.80. The number of aliphatic hydroxyl groups is 1. The fourth-order valence-electron chi connectivity index (χ4n) is 1.65. The van der Waals surface area contributed by atoms with Crippen LogP contribution in [0.4, 0.5) is 0 Å². The Labute approximate surface area is 108 Å². The molecule has 0 aliphatic rings. The predicted molar refractivity (Wildman–Crippen MR) is 69.4 cm³/mol. The molecule has 0 spiro atoms. The second kappa shape index (κ2) is 7.31. The van der Waals surface area contributed by atoms with Gasteiger partial charge in [0.1, 0.15) is 5.75 Å². The summed E-state index contributed by atoms with van der Waals surface area (Å²) in [5.74, 6) is 0.151. The Morgan fingerprint density at radius 3 is 2.83 bits per heavy atom. The van der Waals surface area contributed by atoms with Crippen molar-refractivity contribution in [2.45, 2.75) is 40.0 Å². The highest BCUT2D eigenvalue weighted by atomic mass is 16.5. The Morgan fingerprint density at radius 2 is 2.22 bits per heavy atom. The van der Waals surface area contributed by atoms with Crippen molar-refractivity contribution in [3.8, 4) is 5.75 Å². The van der Waals surface area contributed by atoms with Gasteiger partial charge in [0.15, 0.2) is 0 Å². The molecule has 1 heterocycles. The summed E-state index contributed by atoms with van der Waals surface area (Å²) in [5.41, 5.74) is 1.92. The second-order valence-corrected chi connectivity index (χ2v) is 4.30. The van der Waals surface area contributed by atoms with Gasteiger partial charge >= 0.3 is 0 Å². The third kappa shape index (κ3) is 3.94. The minimum atomic E-state index is -0.127. The van der Waals surface area contributed by atoms with Crippen LogP contribution < -0.4 is 5.32 Å². The Kier molecular flexibility index (Phi) is 6.04. The molecular weight excluding hydrogens is 232 g/mol. The third-order valence-corrected chi connectivity index (χ3v) is 2.80. The molecule has 1 atom stereocenters. The molecule has 0 aliphatic heterocycles. The molecule has 18 heavy (non-hydrogen) atoms. The van der Waals surface area contributed by atoms with Gasteiger partial charge < -0.3 is 20.3 Å². The van der Waals surface area contributed by atoms with Gasteiger partial charge in [0.05, 0.1) is 18.9 Å². The molecule has 0 radical (unpaired) electrons. The van der Waals surface area contributed by atoms with Crippen LogP contribution in [0.1, 0.15) is 30.7 Å². The molecular formula is C13H22N2O3. The summed E-state index contributed by atoms with van der Waals surface area (Å²) in [4.78, 5) is 4.02. The van der Waals surface area contributed by atoms with Gasteiger partial charge in [-0.1, -0.05) is 0 Å². The molecule has 0 saturated heterocycles. The number of aromatic nitrogens is 1. The van der Waals surface area contributed by atoms with E-state index in [0.717, 1.165) is 0 Å². The van der Waals surface area contributed by atoms with Crippen LogP contribution >= 0.6 is 0 Å². The van der Waals surface area contributed by atoms with Gasteiger partial charge in [0, 0.05) is 36.5 Å². The number of aliphatic hydroxyl groups excluding tert-OH is 1. The lowest BCUT2D eigenvalue weighted by Crippen LogP contribution is -2.30. The van der Waals surface area contributed by atoms with Crippen LogP contribution in [0.25, 0.3) is 0 Å². The lowest BCUT2D eigenvalue weighted by molar-refractivity contribution is 0.127. The van der Waals surface area contributed by atoms with E-state index in [9.17, 15) is 10.2 Å². The molecule has 0 aliphatic carbocycles. The summed E-state index contributed by atoms with van der Waals surface area (Å²) in [6, 6.07) is 0.185. The van der Waals surface area contributed by atoms with Gasteiger partial charge in [0.2, 0.25) is 0 Å². The average molecular weight is 254 g/mol. The van der Waals surface area contributed by atoms with Crippen molar-refractivity contribution >= 4 is 0 Å². The van der Waals surface area contributed by atoms with E-state index < -0.39 is 0 Å². The minimum Gasteiger partial charge on any atom is -0.506 e. The molecule has 0 bridgehead atoms. The Morgan fingerprint density at radius 1 is 1.50 bits per heavy atom. The molecule has 102 valence electrons. The van der Waals surface area contributed by atoms with Crippen molar-refractivity contribution in [3.05, 3.63) is 23.0 Å². The molecule has 0 amide bonds. The molecule has 5 nitrogen and oxygen atoms in total. The second-order valence-electron chi connectivity index (χ2n) is 4.30. The van der Waals surface area contributed by atoms with Gasteiger partial charge in [-0.3, -0.25) is 4.98 Å². The molecule has 0 fully saturated rings. The first-order valence-corrected chi connectivity index (χ1v) is 6.18. The maximum absolute atomic E-state index is 9.95. The SMILES string of the molecule is CCOCC(C)NCc1c(CO)cnc(C)c1O. The van der Waals surface area contributed by atoms with Crippen molar-refractivity contribution in [2.75, 3.05) is 13.2 Å². The lowest BCUT2D eigenvalue weighted by atomic mass is 10.1. The fraction of sp³-hybridized carbons (Fsp3) is 0.615. The summed E-state index contributed by atoms with van der Waals surface area (Å²) >= 11 is 0. The normalized spacial score (nSPS) is 12.7. The summed E-state index contributed by atoms with van der Waals surface area (Å²) in [5, 5.41) is 22.4. The maximum atomic E-state index is 9.95. The van der Waals surface area contributed by atoms with Crippen molar-refractivity contribution in [1.29, 1.82) is 0 Å². The zero-order chi connectivity index (χ0) is 13.5. The predicted octanol–water partition coefficient (Wildman–Crippen LogP) is 1.10. The van der Waals surface area contributed by atoms with Crippen LogP contribution in [-0.2, 0) is 17.9 Å². The van der Waals surface area contributed by atoms with Crippen LogP contribution in [0.3, 0.4) is 0 Å². The Balaban J connectivity index is 2.68. The Hall–Kier alpha value is -1.17. The van der Waals surface area contributed by atoms with E-state index in [1.54, 1.807) is 13.1 Å². The van der Waals surface area contributed by atoms with Gasteiger partial charge in [0.25, 0.3) is 0 Å². The Bertz CT molecular complexity index is 383. The molecule has 0 saturated carbocycles. The number of nitrogens with one attached hydrogen (secondary N) is 1. The number of rotatable bonds is 7. The first-order valence-electron chi connectivity index (χ1n) is 6.18. The first-order chi connectivity index (χ1) is 8.60. The van der Waals surface area contributed by atoms with Gasteiger partial charge in [-0.05, 0) is 20.8 Å². The molecule has 5 heteroatoms. The lowest BCUT2D eigenvalue weighted by Gasteiger charge is -2.16. The highest BCUT2D eigenvalue weighted by molar-refractivity contribution is 5.40. The van der Waals surface area contributed by atoms with Gasteiger partial charge in [-0.15, -0.1) is 0 Å². The van der Waals surface area contributed by atoms with E-state index in [0.29, 0.717) is 36.6 Å². The zero-order valence-electron chi connectivity index (χ0n) is 11.2. The summed E-state index contributed by atoms with van der Waals surface area (Å²) in [6.07, 6.45) is 1.60. The summed E-state index contributed by atoms with van der Waals surface area (Å²) in [7, 11) is 0. The van der Waals surface area contributed by atoms with Gasteiger partial charge in [-0.2, -0.15) is 0 Å². The molecule has 1 aromatic rings. The highest BCUT2D eigenvalue weighted by Gasteiger charge is 2.12. The van der Waals surface area contributed by atoms with E-state index in [1.165, 1.54) is 0 Å². The van der Waals surface area contributed by atoms with E-state index in [4.69, 9.17) is 4.74 Å². The fourth-order valence-corrected chi connectivity index (χ4v) is 1.65.